The van der Waals surface area contributed by atoms with Crippen LogP contribution in [0.5, 0.6) is 0 Å². The van der Waals surface area contributed by atoms with Gasteiger partial charge in [0.25, 0.3) is 0 Å². The minimum Gasteiger partial charge on any atom is -0.456 e. The van der Waals surface area contributed by atoms with Gasteiger partial charge < -0.3 is 4.42 Å². The van der Waals surface area contributed by atoms with E-state index < -0.39 is 12.1 Å². The highest BCUT2D eigenvalue weighted by Crippen LogP contribution is 2.46. The fraction of sp³-hybridized carbons (Fsp3) is 0. The highest BCUT2D eigenvalue weighted by Gasteiger charge is 2.19. The maximum Gasteiger partial charge on any atom is 0.136 e. The molecule has 0 amide bonds. The highest BCUT2D eigenvalue weighted by atomic mass is 16.3. The number of hydrogen-bond acceptors (Lipinski definition) is 1. The van der Waals surface area contributed by atoms with E-state index in [1.165, 1.54) is 0 Å². The van der Waals surface area contributed by atoms with Crippen LogP contribution < -0.4 is 0 Å². The molecule has 1 heterocycles. The van der Waals surface area contributed by atoms with Gasteiger partial charge in [-0.15, -0.1) is 0 Å². The van der Waals surface area contributed by atoms with Crippen molar-refractivity contribution in [2.45, 2.75) is 0 Å². The van der Waals surface area contributed by atoms with E-state index in [9.17, 15) is 0 Å². The lowest BCUT2D eigenvalue weighted by atomic mass is 9.84. The Kier molecular flexibility index (Phi) is 4.01. The van der Waals surface area contributed by atoms with Crippen LogP contribution in [0.15, 0.2) is 174 Å². The molecule has 0 aliphatic rings. The molecular weight excluding hydrogens is 544 g/mol. The van der Waals surface area contributed by atoms with Crippen LogP contribution in [0.3, 0.4) is 0 Å². The Hall–Kier alpha value is -5.92. The Bertz CT molecular complexity index is 3000. The first-order chi connectivity index (χ1) is 26.5. The van der Waals surface area contributed by atoms with Crippen LogP contribution in [0.1, 0.15) is 13.7 Å². The molecule has 0 atom stereocenters. The Morgan fingerprint density at radius 1 is 0.356 bits per heavy atom. The fourth-order valence-corrected chi connectivity index (χ4v) is 6.52. The maximum atomic E-state index is 8.79. The second-order valence-corrected chi connectivity index (χ2v) is 10.9. The quantitative estimate of drug-likeness (QED) is 0.188. The minimum atomic E-state index is -0.438. The Morgan fingerprint density at radius 2 is 0.911 bits per heavy atom. The van der Waals surface area contributed by atoms with E-state index in [4.69, 9.17) is 18.1 Å². The number of fused-ring (bicyclic) bond motifs is 5. The van der Waals surface area contributed by atoms with Crippen LogP contribution in [-0.2, 0) is 0 Å². The third kappa shape index (κ3) is 4.17. The maximum absolute atomic E-state index is 8.79. The average Bonchev–Trinajstić information content (AvgIpc) is 3.57. The minimum absolute atomic E-state index is 0.130. The molecule has 0 spiro atoms. The molecule has 1 aromatic heterocycles. The van der Waals surface area contributed by atoms with Gasteiger partial charge in [0.2, 0.25) is 0 Å². The number of hydrogen-bond donors (Lipinski definition) is 0. The zero-order valence-electron chi connectivity index (χ0n) is 33.8. The van der Waals surface area contributed by atoms with E-state index in [1.54, 1.807) is 24.3 Å². The first kappa shape index (κ1) is 17.4. The van der Waals surface area contributed by atoms with Gasteiger partial charge in [-0.3, -0.25) is 0 Å². The van der Waals surface area contributed by atoms with Gasteiger partial charge in [0.05, 0.1) is 13.7 Å². The first-order valence-corrected chi connectivity index (χ1v) is 14.6. The zero-order valence-corrected chi connectivity index (χ0v) is 23.8. The van der Waals surface area contributed by atoms with Gasteiger partial charge in [0.1, 0.15) is 11.2 Å². The van der Waals surface area contributed by atoms with Crippen molar-refractivity contribution in [2.24, 2.45) is 0 Å². The van der Waals surface area contributed by atoms with Crippen LogP contribution in [0.4, 0.5) is 0 Å². The first-order valence-electron chi connectivity index (χ1n) is 19.6. The lowest BCUT2D eigenvalue weighted by Crippen LogP contribution is -1.92. The number of benzene rings is 8. The van der Waals surface area contributed by atoms with Crippen molar-refractivity contribution >= 4 is 43.5 Å². The zero-order chi connectivity index (χ0) is 38.4. The number of furan rings is 1. The molecular formula is C44H28O. The van der Waals surface area contributed by atoms with E-state index in [1.807, 2.05) is 72.8 Å². The van der Waals surface area contributed by atoms with Gasteiger partial charge in [0.15, 0.2) is 0 Å². The van der Waals surface area contributed by atoms with Crippen molar-refractivity contribution in [1.82, 2.24) is 0 Å². The Morgan fingerprint density at radius 3 is 1.58 bits per heavy atom. The molecule has 8 aromatic carbocycles. The molecule has 9 rings (SSSR count). The van der Waals surface area contributed by atoms with E-state index in [-0.39, 0.29) is 59.5 Å². The van der Waals surface area contributed by atoms with Gasteiger partial charge >= 0.3 is 0 Å². The lowest BCUT2D eigenvalue weighted by Gasteiger charge is -2.19. The van der Waals surface area contributed by atoms with Crippen molar-refractivity contribution < 1.29 is 18.1 Å². The molecule has 0 saturated heterocycles. The van der Waals surface area contributed by atoms with Crippen molar-refractivity contribution in [3.63, 3.8) is 0 Å². The molecule has 0 saturated carbocycles. The van der Waals surface area contributed by atoms with E-state index in [0.29, 0.717) is 22.3 Å². The summed E-state index contributed by atoms with van der Waals surface area (Å²) in [6, 6.07) is 31.3. The summed E-state index contributed by atoms with van der Waals surface area (Å²) >= 11 is 0. The Labute approximate surface area is 275 Å². The van der Waals surface area contributed by atoms with Gasteiger partial charge in [-0.05, 0) is 90.3 Å². The summed E-state index contributed by atoms with van der Waals surface area (Å²) in [6.07, 6.45) is 0. The van der Waals surface area contributed by atoms with Crippen LogP contribution in [0.2, 0.25) is 0 Å². The predicted molar refractivity (Wildman–Crippen MR) is 190 cm³/mol. The van der Waals surface area contributed by atoms with E-state index in [0.717, 1.165) is 54.6 Å². The third-order valence-corrected chi connectivity index (χ3v) is 8.45. The molecule has 0 fully saturated rings. The van der Waals surface area contributed by atoms with Crippen LogP contribution in [0, 0.1) is 0 Å². The lowest BCUT2D eigenvalue weighted by molar-refractivity contribution is 0.669. The smallest absolute Gasteiger partial charge is 0.136 e. The average molecular weight is 583 g/mol. The molecule has 0 N–H and O–H groups in total. The summed E-state index contributed by atoms with van der Waals surface area (Å²) in [6.45, 7) is 0. The monoisotopic (exact) mass is 582 g/mol. The van der Waals surface area contributed by atoms with Gasteiger partial charge in [0, 0.05) is 10.8 Å². The van der Waals surface area contributed by atoms with E-state index >= 15 is 0 Å². The SMILES string of the molecule is [2H]c1c([2H])c([2H])c(-c2ccc3oc4cc(-c5c6ccccc6c(-c6ccccc6-c6c([2H])c([2H])c([2H])c([2H])c6[2H])c6ccccc56)ccc4c3c2)c([2H])c1[2H]. The molecule has 210 valence electrons. The largest absolute Gasteiger partial charge is 0.456 e. The van der Waals surface area contributed by atoms with E-state index in [2.05, 4.69) is 12.1 Å². The third-order valence-electron chi connectivity index (χ3n) is 8.45. The summed E-state index contributed by atoms with van der Waals surface area (Å²) in [5.74, 6) is 0. The molecule has 1 heteroatoms. The van der Waals surface area contributed by atoms with Crippen LogP contribution in [-0.4, -0.2) is 0 Å². The van der Waals surface area contributed by atoms with Crippen LogP contribution in [0.25, 0.3) is 88.0 Å². The normalized spacial score (nSPS) is 14.7. The van der Waals surface area contributed by atoms with Gasteiger partial charge in [-0.2, -0.15) is 0 Å². The summed E-state index contributed by atoms with van der Waals surface area (Å²) in [5.41, 5.74) is 6.00. The molecule has 0 aliphatic carbocycles. The van der Waals surface area contributed by atoms with Crippen molar-refractivity contribution in [2.75, 3.05) is 0 Å². The summed E-state index contributed by atoms with van der Waals surface area (Å²) in [7, 11) is 0. The van der Waals surface area contributed by atoms with Crippen molar-refractivity contribution in [1.29, 1.82) is 0 Å². The molecule has 0 unspecified atom stereocenters. The molecule has 0 bridgehead atoms. The standard InChI is InChI=1S/C44H28O/c1-3-13-29(14-4-1)31-24-26-41-40(27-31)34-25-23-32(28-42(34)45-41)43-36-19-9-11-21-38(36)44(39-22-12-10-20-37(39)43)35-18-8-7-17-33(35)30-15-5-2-6-16-30/h1-28H/i1D,2D,3D,4D,5D,6D,13D,14D,15D,16D. The van der Waals surface area contributed by atoms with Crippen LogP contribution >= 0.6 is 0 Å². The second-order valence-electron chi connectivity index (χ2n) is 10.9. The number of rotatable bonds is 4. The summed E-state index contributed by atoms with van der Waals surface area (Å²) in [5, 5.41) is 5.30. The topological polar surface area (TPSA) is 13.1 Å². The molecule has 9 aromatic rings. The Balaban J connectivity index is 1.27. The fourth-order valence-electron chi connectivity index (χ4n) is 6.52. The molecule has 45 heavy (non-hydrogen) atoms. The van der Waals surface area contributed by atoms with Crippen molar-refractivity contribution in [3.05, 3.63) is 170 Å². The molecule has 1 nitrogen and oxygen atoms in total. The summed E-state index contributed by atoms with van der Waals surface area (Å²) < 4.78 is 90.2. The van der Waals surface area contributed by atoms with Gasteiger partial charge in [-0.25, -0.2) is 0 Å². The predicted octanol–water partition coefficient (Wildman–Crippen LogP) is 12.6. The molecule has 0 radical (unpaired) electrons. The summed E-state index contributed by atoms with van der Waals surface area (Å²) in [4.78, 5) is 0. The van der Waals surface area contributed by atoms with Gasteiger partial charge in [-0.1, -0.05) is 145 Å². The highest BCUT2D eigenvalue weighted by molar-refractivity contribution is 6.23. The molecule has 0 aliphatic heterocycles. The van der Waals surface area contributed by atoms with Crippen molar-refractivity contribution in [3.8, 4) is 44.5 Å². The second kappa shape index (κ2) is 10.4.